The molecule has 154 valence electrons. The van der Waals surface area contributed by atoms with Gasteiger partial charge in [-0.25, -0.2) is 4.99 Å². The molecule has 1 aromatic carbocycles. The number of halogens is 1. The van der Waals surface area contributed by atoms with E-state index in [1.807, 2.05) is 33.8 Å². The maximum absolute atomic E-state index is 11.7. The van der Waals surface area contributed by atoms with Crippen molar-refractivity contribution < 1.29 is 9.53 Å². The van der Waals surface area contributed by atoms with Gasteiger partial charge in [0.25, 0.3) is 0 Å². The molecule has 0 spiro atoms. The Balaban J connectivity index is 0.00000676. The van der Waals surface area contributed by atoms with E-state index >= 15 is 0 Å². The predicted octanol–water partition coefficient (Wildman–Crippen LogP) is 3.37. The van der Waals surface area contributed by atoms with Crippen LogP contribution in [-0.2, 0) is 11.3 Å². The molecule has 0 heterocycles. The highest BCUT2D eigenvalue weighted by Crippen LogP contribution is 2.22. The standard InChI is InChI=1S/C20H34N4O2.HI/c1-6-11-22-19(25)10-12-23-20(21-7-2)24-14-17-9-8-16(5)13-18(17)26-15(3)4;/h8-9,13,15H,6-7,10-12,14H2,1-5H3,(H,22,25)(H2,21,23,24);1H. The lowest BCUT2D eigenvalue weighted by molar-refractivity contribution is -0.120. The number of benzene rings is 1. The summed E-state index contributed by atoms with van der Waals surface area (Å²) in [5, 5.41) is 9.29. The van der Waals surface area contributed by atoms with Crippen molar-refractivity contribution in [3.05, 3.63) is 29.3 Å². The third-order valence-electron chi connectivity index (χ3n) is 3.55. The van der Waals surface area contributed by atoms with E-state index in [1.165, 1.54) is 0 Å². The molecule has 3 N–H and O–H groups in total. The van der Waals surface area contributed by atoms with Crippen molar-refractivity contribution in [2.75, 3.05) is 19.6 Å². The zero-order chi connectivity index (χ0) is 19.4. The van der Waals surface area contributed by atoms with Crippen molar-refractivity contribution in [1.82, 2.24) is 16.0 Å². The maximum atomic E-state index is 11.7. The number of rotatable bonds is 10. The maximum Gasteiger partial charge on any atom is 0.221 e. The molecule has 0 aliphatic rings. The summed E-state index contributed by atoms with van der Waals surface area (Å²) in [5.74, 6) is 1.63. The van der Waals surface area contributed by atoms with Gasteiger partial charge in [-0.05, 0) is 45.7 Å². The van der Waals surface area contributed by atoms with Crippen molar-refractivity contribution in [1.29, 1.82) is 0 Å². The molecule has 0 aliphatic carbocycles. The van der Waals surface area contributed by atoms with E-state index in [2.05, 4.69) is 40.0 Å². The van der Waals surface area contributed by atoms with Gasteiger partial charge in [-0.15, -0.1) is 24.0 Å². The van der Waals surface area contributed by atoms with Crippen molar-refractivity contribution >= 4 is 35.8 Å². The molecule has 0 atom stereocenters. The third kappa shape index (κ3) is 11.0. The molecule has 0 saturated heterocycles. The summed E-state index contributed by atoms with van der Waals surface area (Å²) in [4.78, 5) is 16.3. The molecule has 0 fully saturated rings. The minimum Gasteiger partial charge on any atom is -0.491 e. The van der Waals surface area contributed by atoms with Crippen molar-refractivity contribution in [3.63, 3.8) is 0 Å². The average Bonchev–Trinajstić information content (AvgIpc) is 2.58. The topological polar surface area (TPSA) is 74.8 Å². The van der Waals surface area contributed by atoms with Crippen LogP contribution in [0.3, 0.4) is 0 Å². The first-order valence-electron chi connectivity index (χ1n) is 9.51. The number of amides is 1. The van der Waals surface area contributed by atoms with Crippen LogP contribution in [0.5, 0.6) is 5.75 Å². The Morgan fingerprint density at radius 1 is 1.15 bits per heavy atom. The van der Waals surface area contributed by atoms with Crippen molar-refractivity contribution in [2.24, 2.45) is 4.99 Å². The van der Waals surface area contributed by atoms with Gasteiger partial charge < -0.3 is 20.7 Å². The normalized spacial score (nSPS) is 11.0. The van der Waals surface area contributed by atoms with Gasteiger partial charge in [-0.3, -0.25) is 4.79 Å². The zero-order valence-corrected chi connectivity index (χ0v) is 19.6. The first-order chi connectivity index (χ1) is 12.5. The highest BCUT2D eigenvalue weighted by molar-refractivity contribution is 14.0. The van der Waals surface area contributed by atoms with Crippen LogP contribution in [-0.4, -0.2) is 37.6 Å². The predicted molar refractivity (Wildman–Crippen MR) is 123 cm³/mol. The van der Waals surface area contributed by atoms with E-state index in [-0.39, 0.29) is 36.0 Å². The van der Waals surface area contributed by atoms with Gasteiger partial charge in [0.05, 0.1) is 12.6 Å². The van der Waals surface area contributed by atoms with Gasteiger partial charge in [-0.1, -0.05) is 19.1 Å². The van der Waals surface area contributed by atoms with Gasteiger partial charge in [-0.2, -0.15) is 0 Å². The highest BCUT2D eigenvalue weighted by atomic mass is 127. The number of aliphatic imine (C=N–C) groups is 1. The van der Waals surface area contributed by atoms with E-state index in [1.54, 1.807) is 0 Å². The number of guanidine groups is 1. The van der Waals surface area contributed by atoms with E-state index in [0.29, 0.717) is 25.5 Å². The van der Waals surface area contributed by atoms with E-state index < -0.39 is 0 Å². The molecule has 0 aliphatic heterocycles. The Morgan fingerprint density at radius 3 is 2.52 bits per heavy atom. The Labute approximate surface area is 181 Å². The minimum atomic E-state index is 0. The molecule has 1 aromatic rings. The first kappa shape index (κ1) is 25.5. The fourth-order valence-corrected chi connectivity index (χ4v) is 2.31. The quantitative estimate of drug-likeness (QED) is 0.267. The molecule has 1 rings (SSSR count). The zero-order valence-electron chi connectivity index (χ0n) is 17.2. The van der Waals surface area contributed by atoms with E-state index in [9.17, 15) is 4.79 Å². The van der Waals surface area contributed by atoms with Gasteiger partial charge in [0.15, 0.2) is 5.96 Å². The smallest absolute Gasteiger partial charge is 0.221 e. The van der Waals surface area contributed by atoms with E-state index in [0.717, 1.165) is 36.4 Å². The summed E-state index contributed by atoms with van der Waals surface area (Å²) in [6.07, 6.45) is 1.49. The van der Waals surface area contributed by atoms with Crippen LogP contribution in [0.2, 0.25) is 0 Å². The molecule has 0 unspecified atom stereocenters. The second kappa shape index (κ2) is 14.5. The summed E-state index contributed by atoms with van der Waals surface area (Å²) in [5.41, 5.74) is 2.21. The Bertz CT molecular complexity index is 591. The van der Waals surface area contributed by atoms with Gasteiger partial charge in [0.1, 0.15) is 5.75 Å². The summed E-state index contributed by atoms with van der Waals surface area (Å²) in [6.45, 7) is 12.7. The number of nitrogens with zero attached hydrogens (tertiary/aromatic N) is 1. The SMILES string of the molecule is CCCNC(=O)CCNC(=NCc1ccc(C)cc1OC(C)C)NCC.I. The van der Waals surface area contributed by atoms with Crippen LogP contribution in [0.15, 0.2) is 23.2 Å². The summed E-state index contributed by atoms with van der Waals surface area (Å²) < 4.78 is 5.91. The number of hydrogen-bond acceptors (Lipinski definition) is 3. The number of nitrogens with one attached hydrogen (secondary N) is 3. The second-order valence-electron chi connectivity index (χ2n) is 6.50. The van der Waals surface area contributed by atoms with Crippen LogP contribution in [0.4, 0.5) is 0 Å². The number of hydrogen-bond donors (Lipinski definition) is 3. The van der Waals surface area contributed by atoms with Crippen molar-refractivity contribution in [3.8, 4) is 5.75 Å². The Hall–Kier alpha value is -1.51. The summed E-state index contributed by atoms with van der Waals surface area (Å²) in [6, 6.07) is 6.16. The Kier molecular flexibility index (Phi) is 13.7. The summed E-state index contributed by atoms with van der Waals surface area (Å²) in [7, 11) is 0. The van der Waals surface area contributed by atoms with Crippen molar-refractivity contribution in [2.45, 2.75) is 60.1 Å². The van der Waals surface area contributed by atoms with Crippen LogP contribution in [0.25, 0.3) is 0 Å². The molecule has 0 aromatic heterocycles. The first-order valence-corrected chi connectivity index (χ1v) is 9.51. The number of carbonyl (C=O) groups excluding carboxylic acids is 1. The van der Waals surface area contributed by atoms with Crippen LogP contribution in [0, 0.1) is 6.92 Å². The molecule has 7 heteroatoms. The third-order valence-corrected chi connectivity index (χ3v) is 3.55. The molecule has 0 bridgehead atoms. The average molecular weight is 490 g/mol. The lowest BCUT2D eigenvalue weighted by Gasteiger charge is -2.15. The minimum absolute atomic E-state index is 0. The fourth-order valence-electron chi connectivity index (χ4n) is 2.31. The number of ether oxygens (including phenoxy) is 1. The lowest BCUT2D eigenvalue weighted by atomic mass is 10.1. The van der Waals surface area contributed by atoms with E-state index in [4.69, 9.17) is 4.74 Å². The van der Waals surface area contributed by atoms with Crippen LogP contribution < -0.4 is 20.7 Å². The lowest BCUT2D eigenvalue weighted by Crippen LogP contribution is -2.39. The van der Waals surface area contributed by atoms with Gasteiger partial charge >= 0.3 is 0 Å². The molecular weight excluding hydrogens is 455 g/mol. The molecule has 1 amide bonds. The van der Waals surface area contributed by atoms with Gasteiger partial charge in [0.2, 0.25) is 5.91 Å². The number of carbonyl (C=O) groups is 1. The van der Waals surface area contributed by atoms with Crippen LogP contribution >= 0.6 is 24.0 Å². The largest absolute Gasteiger partial charge is 0.491 e. The number of aryl methyl sites for hydroxylation is 1. The molecule has 27 heavy (non-hydrogen) atoms. The second-order valence-corrected chi connectivity index (χ2v) is 6.50. The molecule has 6 nitrogen and oxygen atoms in total. The molecule has 0 saturated carbocycles. The highest BCUT2D eigenvalue weighted by Gasteiger charge is 2.07. The fraction of sp³-hybridized carbons (Fsp3) is 0.600. The molecular formula is C20H35IN4O2. The molecule has 0 radical (unpaired) electrons. The van der Waals surface area contributed by atoms with Gasteiger partial charge in [0, 0.05) is 31.6 Å². The Morgan fingerprint density at radius 2 is 1.89 bits per heavy atom. The summed E-state index contributed by atoms with van der Waals surface area (Å²) >= 11 is 0. The van der Waals surface area contributed by atoms with Crippen LogP contribution in [0.1, 0.15) is 51.7 Å². The monoisotopic (exact) mass is 490 g/mol.